The number of rotatable bonds is 6. The Kier molecular flexibility index (Phi) is 4.84. The van der Waals surface area contributed by atoms with Crippen molar-refractivity contribution in [1.82, 2.24) is 4.81 Å². The van der Waals surface area contributed by atoms with Gasteiger partial charge in [-0.3, -0.25) is 15.0 Å². The van der Waals surface area contributed by atoms with Crippen LogP contribution in [0.4, 0.5) is 17.1 Å². The third-order valence-corrected chi connectivity index (χ3v) is 3.85. The molecule has 0 saturated carbocycles. The number of nitrogens with zero attached hydrogens (tertiary/aromatic N) is 2. The van der Waals surface area contributed by atoms with Crippen molar-refractivity contribution in [2.75, 3.05) is 0 Å². The van der Waals surface area contributed by atoms with E-state index >= 15 is 0 Å². The second-order valence-electron chi connectivity index (χ2n) is 5.58. The molecule has 0 unspecified atom stereocenters. The van der Waals surface area contributed by atoms with Crippen molar-refractivity contribution in [3.63, 3.8) is 0 Å². The van der Waals surface area contributed by atoms with Crippen molar-refractivity contribution < 1.29 is 24.9 Å². The number of hydrogen-bond acceptors (Lipinski definition) is 5. The molecule has 8 nitrogen and oxygen atoms in total. The molecule has 0 atom stereocenters. The molecule has 0 radical (unpaired) electrons. The van der Waals surface area contributed by atoms with E-state index in [0.29, 0.717) is 11.4 Å². The second-order valence-corrected chi connectivity index (χ2v) is 5.58. The van der Waals surface area contributed by atoms with Crippen molar-refractivity contribution in [3.05, 3.63) is 94.5 Å². The smallest absolute Gasteiger partial charge is 0.335 e. The van der Waals surface area contributed by atoms with E-state index in [1.165, 1.54) is 6.07 Å². The highest BCUT2D eigenvalue weighted by molar-refractivity contribution is 5.88. The lowest BCUT2D eigenvalue weighted by Gasteiger charge is -2.26. The van der Waals surface area contributed by atoms with Gasteiger partial charge in [-0.2, -0.15) is 5.21 Å². The maximum absolute atomic E-state index is 11.4. The number of nitro groups is 1. The molecule has 8 heteroatoms. The quantitative estimate of drug-likeness (QED) is 0.381. The molecule has 0 fully saturated rings. The van der Waals surface area contributed by atoms with Crippen LogP contribution in [0, 0.1) is 10.1 Å². The lowest BCUT2D eigenvalue weighted by atomic mass is 10.2. The Balaban J connectivity index is 2.14. The molecule has 0 aliphatic rings. The standard InChI is InChI=1S/C19H14N2O6/c22-19(23)14-11-12-18(17(13-14)20(24)25)27-21(26,15-7-3-1-4-8-15)16-9-5-2-6-10-16/h1-13,26H/p+1. The summed E-state index contributed by atoms with van der Waals surface area (Å²) < 4.78 is 0. The van der Waals surface area contributed by atoms with E-state index in [4.69, 9.17) is 9.94 Å². The maximum Gasteiger partial charge on any atom is 0.335 e. The van der Waals surface area contributed by atoms with Crippen molar-refractivity contribution in [1.29, 1.82) is 0 Å². The largest absolute Gasteiger partial charge is 0.478 e. The normalized spacial score (nSPS) is 11.0. The first-order valence-corrected chi connectivity index (χ1v) is 7.86. The number of benzene rings is 3. The molecule has 3 aromatic rings. The number of nitro benzene ring substituents is 1. The van der Waals surface area contributed by atoms with Crippen LogP contribution in [-0.4, -0.2) is 21.2 Å². The molecule has 136 valence electrons. The van der Waals surface area contributed by atoms with Gasteiger partial charge in [0.15, 0.2) is 0 Å². The number of aromatic carboxylic acids is 1. The van der Waals surface area contributed by atoms with Crippen LogP contribution >= 0.6 is 0 Å². The van der Waals surface area contributed by atoms with Crippen molar-refractivity contribution in [3.8, 4) is 5.75 Å². The van der Waals surface area contributed by atoms with Gasteiger partial charge in [0, 0.05) is 30.3 Å². The van der Waals surface area contributed by atoms with E-state index in [1.807, 2.05) is 0 Å². The molecule has 3 aromatic carbocycles. The molecule has 0 bridgehead atoms. The summed E-state index contributed by atoms with van der Waals surface area (Å²) in [7, 11) is 0. The summed E-state index contributed by atoms with van der Waals surface area (Å²) in [6.45, 7) is 0. The van der Waals surface area contributed by atoms with Gasteiger partial charge in [-0.1, -0.05) is 36.4 Å². The summed E-state index contributed by atoms with van der Waals surface area (Å²) in [5, 5.41) is 31.7. The van der Waals surface area contributed by atoms with E-state index in [-0.39, 0.29) is 11.3 Å². The van der Waals surface area contributed by atoms with Crippen LogP contribution in [0.3, 0.4) is 0 Å². The minimum Gasteiger partial charge on any atom is -0.478 e. The first-order valence-electron chi connectivity index (χ1n) is 7.86. The summed E-state index contributed by atoms with van der Waals surface area (Å²) in [6.07, 6.45) is 0. The van der Waals surface area contributed by atoms with E-state index < -0.39 is 21.4 Å². The zero-order valence-corrected chi connectivity index (χ0v) is 13.9. The fourth-order valence-electron chi connectivity index (χ4n) is 2.53. The summed E-state index contributed by atoms with van der Waals surface area (Å²) in [6, 6.07) is 19.9. The molecule has 0 aromatic heterocycles. The van der Waals surface area contributed by atoms with E-state index in [9.17, 15) is 20.1 Å². The van der Waals surface area contributed by atoms with Crippen LogP contribution in [0.2, 0.25) is 0 Å². The zero-order valence-electron chi connectivity index (χ0n) is 13.9. The fraction of sp³-hybridized carbons (Fsp3) is 0. The number of para-hydroxylation sites is 2. The highest BCUT2D eigenvalue weighted by Gasteiger charge is 2.38. The molecule has 0 amide bonds. The Morgan fingerprint density at radius 3 is 1.89 bits per heavy atom. The molecule has 27 heavy (non-hydrogen) atoms. The topological polar surface area (TPSA) is 110 Å². The Morgan fingerprint density at radius 2 is 1.44 bits per heavy atom. The van der Waals surface area contributed by atoms with Gasteiger partial charge in [0.25, 0.3) is 5.75 Å². The first-order chi connectivity index (χ1) is 12.9. The minimum atomic E-state index is -1.31. The predicted molar refractivity (Wildman–Crippen MR) is 96.8 cm³/mol. The Labute approximate surface area is 153 Å². The lowest BCUT2D eigenvalue weighted by molar-refractivity contribution is -0.388. The summed E-state index contributed by atoms with van der Waals surface area (Å²) >= 11 is 0. The highest BCUT2D eigenvalue weighted by atomic mass is 16.9. The van der Waals surface area contributed by atoms with Gasteiger partial charge >= 0.3 is 11.7 Å². The first kappa shape index (κ1) is 18.1. The SMILES string of the molecule is O=C(O)c1ccc(O[N+](O)(c2ccccc2)c2ccccc2)c([N+](=O)[O-])c1. The predicted octanol–water partition coefficient (Wildman–Crippen LogP) is 4.32. The monoisotopic (exact) mass is 367 g/mol. The number of hydrogen-bond donors (Lipinski definition) is 2. The van der Waals surface area contributed by atoms with Gasteiger partial charge in [-0.15, -0.1) is 0 Å². The molecule has 2 N–H and O–H groups in total. The molecule has 3 rings (SSSR count). The molecule has 0 saturated heterocycles. The van der Waals surface area contributed by atoms with Crippen LogP contribution in [0.15, 0.2) is 78.9 Å². The molecule has 0 heterocycles. The lowest BCUT2D eigenvalue weighted by Crippen LogP contribution is -2.44. The fourth-order valence-corrected chi connectivity index (χ4v) is 2.53. The Hall–Kier alpha value is -3.75. The number of carbonyl (C=O) groups is 1. The van der Waals surface area contributed by atoms with Crippen LogP contribution in [-0.2, 0) is 0 Å². The third-order valence-electron chi connectivity index (χ3n) is 3.85. The summed E-state index contributed by atoms with van der Waals surface area (Å²) in [5.41, 5.74) is -0.219. The Bertz CT molecular complexity index is 937. The molecule has 0 spiro atoms. The van der Waals surface area contributed by atoms with Gasteiger partial charge in [-0.05, 0) is 12.1 Å². The maximum atomic E-state index is 11.4. The van der Waals surface area contributed by atoms with Crippen LogP contribution in [0.25, 0.3) is 0 Å². The van der Waals surface area contributed by atoms with Gasteiger partial charge in [0.05, 0.1) is 15.3 Å². The van der Waals surface area contributed by atoms with Crippen LogP contribution in [0.1, 0.15) is 10.4 Å². The van der Waals surface area contributed by atoms with Gasteiger partial charge in [0.2, 0.25) is 11.4 Å². The van der Waals surface area contributed by atoms with Crippen molar-refractivity contribution in [2.24, 2.45) is 0 Å². The number of quaternary nitrogens is 1. The third kappa shape index (κ3) is 3.61. The minimum absolute atomic E-state index is 0.260. The van der Waals surface area contributed by atoms with Crippen LogP contribution in [0.5, 0.6) is 5.75 Å². The summed E-state index contributed by atoms with van der Waals surface area (Å²) in [4.78, 5) is 26.2. The Morgan fingerprint density at radius 1 is 0.926 bits per heavy atom. The molecule has 0 aliphatic heterocycles. The van der Waals surface area contributed by atoms with E-state index in [2.05, 4.69) is 0 Å². The highest BCUT2D eigenvalue weighted by Crippen LogP contribution is 2.37. The number of carboxylic acids is 1. The van der Waals surface area contributed by atoms with Gasteiger partial charge < -0.3 is 5.11 Å². The molecular formula is C19H15N2O6+. The van der Waals surface area contributed by atoms with Crippen molar-refractivity contribution in [2.45, 2.75) is 0 Å². The zero-order chi connectivity index (χ0) is 19.4. The number of carboxylic acid groups (broad SMARTS) is 1. The van der Waals surface area contributed by atoms with E-state index in [1.54, 1.807) is 60.7 Å². The van der Waals surface area contributed by atoms with Crippen molar-refractivity contribution >= 4 is 23.0 Å². The average Bonchev–Trinajstić information content (AvgIpc) is 2.69. The van der Waals surface area contributed by atoms with Crippen LogP contribution < -0.4 is 9.65 Å². The average molecular weight is 367 g/mol. The van der Waals surface area contributed by atoms with Gasteiger partial charge in [-0.25, -0.2) is 4.79 Å². The second kappa shape index (κ2) is 7.24. The summed E-state index contributed by atoms with van der Waals surface area (Å²) in [5.74, 6) is -1.58. The molecule has 0 aliphatic carbocycles. The van der Waals surface area contributed by atoms with E-state index in [0.717, 1.165) is 12.1 Å². The van der Waals surface area contributed by atoms with Gasteiger partial charge in [0.1, 0.15) is 0 Å². The molecular weight excluding hydrogens is 352 g/mol.